The highest BCUT2D eigenvalue weighted by atomic mass is 16.5. The van der Waals surface area contributed by atoms with E-state index in [9.17, 15) is 0 Å². The van der Waals surface area contributed by atoms with Crippen molar-refractivity contribution in [2.45, 2.75) is 0 Å². The van der Waals surface area contributed by atoms with Gasteiger partial charge in [0.1, 0.15) is 5.75 Å². The van der Waals surface area contributed by atoms with E-state index in [0.717, 1.165) is 0 Å². The standard InChI is InChI=1S/C6H8N2O2/c7-8(10)5-1-3-6(9)4-2-5/h1-4,9-10H,7H2. The molecule has 10 heavy (non-hydrogen) atoms. The molecule has 0 aliphatic heterocycles. The Kier molecular flexibility index (Phi) is 1.75. The van der Waals surface area contributed by atoms with Crippen LogP contribution in [0.5, 0.6) is 5.75 Å². The van der Waals surface area contributed by atoms with Crippen molar-refractivity contribution in [3.8, 4) is 5.75 Å². The Morgan fingerprint density at radius 2 is 1.70 bits per heavy atom. The van der Waals surface area contributed by atoms with Crippen LogP contribution < -0.4 is 11.0 Å². The van der Waals surface area contributed by atoms with E-state index in [-0.39, 0.29) is 5.75 Å². The minimum Gasteiger partial charge on any atom is -0.508 e. The molecule has 54 valence electrons. The first-order valence-electron chi connectivity index (χ1n) is 2.73. The molecular formula is C6H8N2O2. The summed E-state index contributed by atoms with van der Waals surface area (Å²) in [6.07, 6.45) is 0. The molecule has 0 atom stereocenters. The summed E-state index contributed by atoms with van der Waals surface area (Å²) in [6.45, 7) is 0. The Labute approximate surface area is 58.0 Å². The summed E-state index contributed by atoms with van der Waals surface area (Å²) in [6, 6.07) is 5.86. The Morgan fingerprint density at radius 3 is 2.10 bits per heavy atom. The lowest BCUT2D eigenvalue weighted by Crippen LogP contribution is -2.25. The van der Waals surface area contributed by atoms with E-state index in [4.69, 9.17) is 16.2 Å². The topological polar surface area (TPSA) is 69.7 Å². The second-order valence-electron chi connectivity index (χ2n) is 1.86. The van der Waals surface area contributed by atoms with Crippen LogP contribution in [0, 0.1) is 0 Å². The molecule has 0 spiro atoms. The summed E-state index contributed by atoms with van der Waals surface area (Å²) in [5, 5.41) is 17.9. The lowest BCUT2D eigenvalue weighted by atomic mass is 10.3. The smallest absolute Gasteiger partial charge is 0.115 e. The molecule has 0 saturated heterocycles. The van der Waals surface area contributed by atoms with Crippen LogP contribution in [0.4, 0.5) is 5.69 Å². The zero-order valence-electron chi connectivity index (χ0n) is 5.23. The van der Waals surface area contributed by atoms with Crippen molar-refractivity contribution in [3.05, 3.63) is 24.3 Å². The number of hydrogen-bond acceptors (Lipinski definition) is 4. The van der Waals surface area contributed by atoms with Crippen molar-refractivity contribution >= 4 is 5.69 Å². The summed E-state index contributed by atoms with van der Waals surface area (Å²) < 4.78 is 0. The van der Waals surface area contributed by atoms with E-state index >= 15 is 0 Å². The molecule has 1 rings (SSSR count). The first kappa shape index (κ1) is 6.85. The maximum absolute atomic E-state index is 8.80. The van der Waals surface area contributed by atoms with Crippen LogP contribution in [0.15, 0.2) is 24.3 Å². The van der Waals surface area contributed by atoms with E-state index in [0.29, 0.717) is 10.9 Å². The van der Waals surface area contributed by atoms with Gasteiger partial charge in [-0.05, 0) is 24.3 Å². The minimum absolute atomic E-state index is 0.144. The monoisotopic (exact) mass is 140 g/mol. The number of rotatable bonds is 1. The molecule has 0 fully saturated rings. The average Bonchev–Trinajstić information content (AvgIpc) is 1.88. The zero-order valence-corrected chi connectivity index (χ0v) is 5.23. The van der Waals surface area contributed by atoms with Gasteiger partial charge in [-0.25, -0.2) is 5.84 Å². The molecule has 0 aliphatic carbocycles. The molecule has 0 aromatic heterocycles. The van der Waals surface area contributed by atoms with Crippen molar-refractivity contribution in [1.29, 1.82) is 0 Å². The van der Waals surface area contributed by atoms with Crippen molar-refractivity contribution < 1.29 is 10.3 Å². The Bertz CT molecular complexity index is 207. The molecule has 0 aliphatic rings. The predicted molar refractivity (Wildman–Crippen MR) is 36.6 cm³/mol. The third-order valence-electron chi connectivity index (χ3n) is 1.11. The lowest BCUT2D eigenvalue weighted by Gasteiger charge is -2.08. The van der Waals surface area contributed by atoms with E-state index in [1.165, 1.54) is 24.3 Å². The van der Waals surface area contributed by atoms with E-state index in [1.807, 2.05) is 0 Å². The molecule has 1 aromatic carbocycles. The fraction of sp³-hybridized carbons (Fsp3) is 0. The van der Waals surface area contributed by atoms with Gasteiger partial charge in [-0.1, -0.05) is 0 Å². The lowest BCUT2D eigenvalue weighted by molar-refractivity contribution is 0.257. The van der Waals surface area contributed by atoms with E-state index < -0.39 is 0 Å². The Balaban J connectivity index is 2.89. The van der Waals surface area contributed by atoms with Gasteiger partial charge < -0.3 is 5.11 Å². The second-order valence-corrected chi connectivity index (χ2v) is 1.86. The van der Waals surface area contributed by atoms with Crippen LogP contribution in [0.1, 0.15) is 0 Å². The number of phenols is 1. The van der Waals surface area contributed by atoms with Crippen LogP contribution in [-0.4, -0.2) is 10.3 Å². The number of nitrogens with zero attached hydrogens (tertiary/aromatic N) is 1. The number of benzene rings is 1. The summed E-state index contributed by atoms with van der Waals surface area (Å²) in [5.74, 6) is 5.12. The molecule has 0 unspecified atom stereocenters. The summed E-state index contributed by atoms with van der Waals surface area (Å²) in [5.41, 5.74) is 0.429. The second kappa shape index (κ2) is 2.55. The van der Waals surface area contributed by atoms with E-state index in [1.54, 1.807) is 0 Å². The number of aromatic hydroxyl groups is 1. The number of phenolic OH excluding ortho intramolecular Hbond substituents is 1. The average molecular weight is 140 g/mol. The van der Waals surface area contributed by atoms with Crippen LogP contribution in [-0.2, 0) is 0 Å². The minimum atomic E-state index is 0.144. The van der Waals surface area contributed by atoms with Gasteiger partial charge in [-0.2, -0.15) is 5.17 Å². The molecule has 1 aromatic rings. The van der Waals surface area contributed by atoms with Gasteiger partial charge in [0.05, 0.1) is 5.69 Å². The Hall–Kier alpha value is -1.26. The van der Waals surface area contributed by atoms with Gasteiger partial charge in [0.15, 0.2) is 0 Å². The summed E-state index contributed by atoms with van der Waals surface area (Å²) in [4.78, 5) is 0. The molecule has 4 nitrogen and oxygen atoms in total. The summed E-state index contributed by atoms with van der Waals surface area (Å²) >= 11 is 0. The predicted octanol–water partition coefficient (Wildman–Crippen LogP) is 0.462. The molecule has 0 heterocycles. The first-order valence-corrected chi connectivity index (χ1v) is 2.73. The number of anilines is 1. The maximum Gasteiger partial charge on any atom is 0.115 e. The largest absolute Gasteiger partial charge is 0.508 e. The van der Waals surface area contributed by atoms with Gasteiger partial charge >= 0.3 is 0 Å². The fourth-order valence-corrected chi connectivity index (χ4v) is 0.605. The highest BCUT2D eigenvalue weighted by Gasteiger charge is 1.94. The molecular weight excluding hydrogens is 132 g/mol. The number of nitrogens with two attached hydrogens (primary N) is 1. The van der Waals surface area contributed by atoms with Gasteiger partial charge in [0.25, 0.3) is 0 Å². The summed E-state index contributed by atoms with van der Waals surface area (Å²) in [7, 11) is 0. The third-order valence-corrected chi connectivity index (χ3v) is 1.11. The molecule has 4 heteroatoms. The molecule has 0 radical (unpaired) electrons. The fourth-order valence-electron chi connectivity index (χ4n) is 0.605. The van der Waals surface area contributed by atoms with Crippen LogP contribution in [0.2, 0.25) is 0 Å². The third kappa shape index (κ3) is 1.37. The van der Waals surface area contributed by atoms with Gasteiger partial charge in [-0.3, -0.25) is 5.21 Å². The first-order chi connectivity index (χ1) is 4.70. The van der Waals surface area contributed by atoms with Gasteiger partial charge in [0.2, 0.25) is 0 Å². The normalized spacial score (nSPS) is 9.40. The zero-order chi connectivity index (χ0) is 7.56. The van der Waals surface area contributed by atoms with E-state index in [2.05, 4.69) is 0 Å². The molecule has 0 amide bonds. The van der Waals surface area contributed by atoms with Gasteiger partial charge in [0, 0.05) is 0 Å². The van der Waals surface area contributed by atoms with Crippen molar-refractivity contribution in [1.82, 2.24) is 0 Å². The SMILES string of the molecule is NN(O)c1ccc(O)cc1. The highest BCUT2D eigenvalue weighted by Crippen LogP contribution is 2.14. The quantitative estimate of drug-likeness (QED) is 0.391. The van der Waals surface area contributed by atoms with Crippen molar-refractivity contribution in [2.24, 2.45) is 5.84 Å². The highest BCUT2D eigenvalue weighted by molar-refractivity contribution is 5.44. The van der Waals surface area contributed by atoms with Crippen molar-refractivity contribution in [3.63, 3.8) is 0 Å². The number of hydrogen-bond donors (Lipinski definition) is 3. The maximum atomic E-state index is 8.80. The molecule has 0 bridgehead atoms. The molecule has 0 saturated carbocycles. The number of hydrazine groups is 1. The van der Waals surface area contributed by atoms with Crippen molar-refractivity contribution in [2.75, 3.05) is 5.17 Å². The van der Waals surface area contributed by atoms with Crippen LogP contribution in [0.3, 0.4) is 0 Å². The molecule has 4 N–H and O–H groups in total. The van der Waals surface area contributed by atoms with Gasteiger partial charge in [-0.15, -0.1) is 0 Å². The van der Waals surface area contributed by atoms with Crippen LogP contribution in [0.25, 0.3) is 0 Å². The Morgan fingerprint density at radius 1 is 1.20 bits per heavy atom. The van der Waals surface area contributed by atoms with Crippen LogP contribution >= 0.6 is 0 Å².